The molecule has 0 unspecified atom stereocenters. The van der Waals surface area contributed by atoms with Crippen LogP contribution in [0.4, 0.5) is 0 Å². The lowest BCUT2D eigenvalue weighted by atomic mass is 9.77. The van der Waals surface area contributed by atoms with Crippen molar-refractivity contribution in [3.63, 3.8) is 0 Å². The Morgan fingerprint density at radius 1 is 1.05 bits per heavy atom. The van der Waals surface area contributed by atoms with E-state index in [9.17, 15) is 0 Å². The van der Waals surface area contributed by atoms with E-state index >= 15 is 0 Å². The third-order valence-electron chi connectivity index (χ3n) is 5.28. The predicted molar refractivity (Wildman–Crippen MR) is 81.3 cm³/mol. The van der Waals surface area contributed by atoms with Crippen LogP contribution in [-0.4, -0.2) is 23.3 Å². The van der Waals surface area contributed by atoms with Gasteiger partial charge in [0.05, 0.1) is 11.2 Å². The second-order valence-electron chi connectivity index (χ2n) is 7.58. The summed E-state index contributed by atoms with van der Waals surface area (Å²) in [5, 5.41) is 0. The molecule has 1 saturated carbocycles. The number of hydrogen-bond donors (Lipinski definition) is 0. The Morgan fingerprint density at radius 2 is 1.60 bits per heavy atom. The van der Waals surface area contributed by atoms with Crippen LogP contribution in [0.1, 0.15) is 58.7 Å². The summed E-state index contributed by atoms with van der Waals surface area (Å²) in [7, 11) is -0.312. The van der Waals surface area contributed by atoms with Crippen LogP contribution in [0.15, 0.2) is 12.3 Å². The molecule has 2 aliphatic rings. The summed E-state index contributed by atoms with van der Waals surface area (Å²) in [6.45, 7) is 12.7. The number of hydrogen-bond acceptors (Lipinski definition) is 3. The van der Waals surface area contributed by atoms with Gasteiger partial charge in [-0.25, -0.2) is 0 Å². The molecule has 1 aromatic rings. The summed E-state index contributed by atoms with van der Waals surface area (Å²) in [4.78, 5) is 4.65. The predicted octanol–water partition coefficient (Wildman–Crippen LogP) is 2.74. The second-order valence-corrected chi connectivity index (χ2v) is 7.58. The SMILES string of the molecule is Cc1cc(C2(C)CC2)ncc1B1OC(C)(C)C(C)(C)O1. The van der Waals surface area contributed by atoms with E-state index in [-0.39, 0.29) is 18.3 Å². The lowest BCUT2D eigenvalue weighted by Crippen LogP contribution is -2.41. The van der Waals surface area contributed by atoms with Gasteiger partial charge in [0.25, 0.3) is 0 Å². The third-order valence-corrected chi connectivity index (χ3v) is 5.28. The molecule has 1 saturated heterocycles. The zero-order valence-corrected chi connectivity index (χ0v) is 13.4. The molecule has 1 aromatic heterocycles. The highest BCUT2D eigenvalue weighted by Crippen LogP contribution is 2.46. The van der Waals surface area contributed by atoms with Gasteiger partial charge in [0.1, 0.15) is 0 Å². The molecule has 0 spiro atoms. The topological polar surface area (TPSA) is 31.4 Å². The maximum Gasteiger partial charge on any atom is 0.496 e. The van der Waals surface area contributed by atoms with Gasteiger partial charge < -0.3 is 9.31 Å². The molecule has 3 rings (SSSR count). The first kappa shape index (κ1) is 14.1. The molecule has 0 bridgehead atoms. The van der Waals surface area contributed by atoms with Crippen LogP contribution < -0.4 is 5.46 Å². The molecule has 4 heteroatoms. The van der Waals surface area contributed by atoms with Crippen LogP contribution in [0.5, 0.6) is 0 Å². The van der Waals surface area contributed by atoms with Gasteiger partial charge in [-0.05, 0) is 59.1 Å². The fraction of sp³-hybridized carbons (Fsp3) is 0.688. The van der Waals surface area contributed by atoms with Gasteiger partial charge in [-0.15, -0.1) is 0 Å². The van der Waals surface area contributed by atoms with E-state index in [1.165, 1.54) is 24.1 Å². The average Bonchev–Trinajstić information content (AvgIpc) is 3.01. The molecule has 1 aliphatic carbocycles. The molecular formula is C16H24BNO2. The van der Waals surface area contributed by atoms with Gasteiger partial charge in [-0.1, -0.05) is 6.92 Å². The largest absolute Gasteiger partial charge is 0.496 e. The molecule has 0 aromatic carbocycles. The van der Waals surface area contributed by atoms with E-state index in [4.69, 9.17) is 9.31 Å². The minimum Gasteiger partial charge on any atom is -0.399 e. The first-order valence-electron chi connectivity index (χ1n) is 7.47. The molecular weight excluding hydrogens is 249 g/mol. The Labute approximate surface area is 122 Å². The van der Waals surface area contributed by atoms with Gasteiger partial charge in [-0.2, -0.15) is 0 Å². The van der Waals surface area contributed by atoms with Crippen molar-refractivity contribution in [2.45, 2.75) is 71.0 Å². The Bertz CT molecular complexity index is 533. The fourth-order valence-electron chi connectivity index (χ4n) is 2.56. The molecule has 20 heavy (non-hydrogen) atoms. The maximum atomic E-state index is 6.11. The summed E-state index contributed by atoms with van der Waals surface area (Å²) in [5.41, 5.74) is 3.17. The van der Waals surface area contributed by atoms with Crippen LogP contribution in [-0.2, 0) is 14.7 Å². The summed E-state index contributed by atoms with van der Waals surface area (Å²) in [6.07, 6.45) is 4.43. The Balaban J connectivity index is 1.89. The van der Waals surface area contributed by atoms with Crippen molar-refractivity contribution in [1.29, 1.82) is 0 Å². The lowest BCUT2D eigenvalue weighted by Gasteiger charge is -2.32. The summed E-state index contributed by atoms with van der Waals surface area (Å²) >= 11 is 0. The first-order valence-corrected chi connectivity index (χ1v) is 7.47. The van der Waals surface area contributed by atoms with Crippen LogP contribution in [0.25, 0.3) is 0 Å². The average molecular weight is 273 g/mol. The first-order chi connectivity index (χ1) is 9.15. The standard InChI is InChI=1S/C16H24BNO2/c1-11-9-13(16(6)7-8-16)18-10-12(11)17-19-14(2,3)15(4,5)20-17/h9-10H,7-8H2,1-6H3. The smallest absolute Gasteiger partial charge is 0.399 e. The quantitative estimate of drug-likeness (QED) is 0.776. The van der Waals surface area contributed by atoms with Gasteiger partial charge in [0.2, 0.25) is 0 Å². The lowest BCUT2D eigenvalue weighted by molar-refractivity contribution is 0.00578. The minimum absolute atomic E-state index is 0.300. The van der Waals surface area contributed by atoms with Crippen LogP contribution in [0, 0.1) is 6.92 Å². The van der Waals surface area contributed by atoms with Crippen molar-refractivity contribution in [2.75, 3.05) is 0 Å². The van der Waals surface area contributed by atoms with E-state index < -0.39 is 0 Å². The Hall–Kier alpha value is -0.865. The second kappa shape index (κ2) is 4.08. The van der Waals surface area contributed by atoms with Crippen molar-refractivity contribution in [3.05, 3.63) is 23.5 Å². The fourth-order valence-corrected chi connectivity index (χ4v) is 2.56. The Morgan fingerprint density at radius 3 is 2.05 bits per heavy atom. The van der Waals surface area contributed by atoms with E-state index in [0.29, 0.717) is 5.41 Å². The molecule has 3 nitrogen and oxygen atoms in total. The highest BCUT2D eigenvalue weighted by atomic mass is 16.7. The summed E-state index contributed by atoms with van der Waals surface area (Å²) in [5.74, 6) is 0. The molecule has 0 amide bonds. The highest BCUT2D eigenvalue weighted by Gasteiger charge is 2.52. The van der Waals surface area contributed by atoms with Gasteiger partial charge >= 0.3 is 7.12 Å². The van der Waals surface area contributed by atoms with E-state index in [0.717, 1.165) is 5.46 Å². The maximum absolute atomic E-state index is 6.11. The van der Waals surface area contributed by atoms with Gasteiger partial charge in [0, 0.05) is 22.8 Å². The molecule has 108 valence electrons. The molecule has 2 heterocycles. The number of rotatable bonds is 2. The zero-order valence-electron chi connectivity index (χ0n) is 13.4. The van der Waals surface area contributed by atoms with E-state index in [1.54, 1.807) is 0 Å². The highest BCUT2D eigenvalue weighted by molar-refractivity contribution is 6.62. The van der Waals surface area contributed by atoms with Gasteiger partial charge in [-0.3, -0.25) is 4.98 Å². The number of aromatic nitrogens is 1. The monoisotopic (exact) mass is 273 g/mol. The third kappa shape index (κ3) is 2.10. The number of aryl methyl sites for hydroxylation is 1. The zero-order chi connectivity index (χ0) is 14.8. The molecule has 1 aliphatic heterocycles. The normalized spacial score (nSPS) is 25.8. The van der Waals surface area contributed by atoms with Crippen molar-refractivity contribution < 1.29 is 9.31 Å². The van der Waals surface area contributed by atoms with Crippen LogP contribution in [0.2, 0.25) is 0 Å². The van der Waals surface area contributed by atoms with Gasteiger partial charge in [0.15, 0.2) is 0 Å². The van der Waals surface area contributed by atoms with Crippen molar-refractivity contribution in [1.82, 2.24) is 4.98 Å². The number of nitrogens with zero attached hydrogens (tertiary/aromatic N) is 1. The van der Waals surface area contributed by atoms with E-state index in [1.807, 2.05) is 6.20 Å². The molecule has 2 fully saturated rings. The van der Waals surface area contributed by atoms with Crippen molar-refractivity contribution in [2.24, 2.45) is 0 Å². The molecule has 0 N–H and O–H groups in total. The Kier molecular flexibility index (Phi) is 2.87. The molecule has 0 atom stereocenters. The van der Waals surface area contributed by atoms with Crippen molar-refractivity contribution >= 4 is 12.6 Å². The minimum atomic E-state index is -0.312. The number of pyridine rings is 1. The molecule has 0 radical (unpaired) electrons. The van der Waals surface area contributed by atoms with E-state index in [2.05, 4.69) is 52.6 Å². The van der Waals surface area contributed by atoms with Crippen molar-refractivity contribution in [3.8, 4) is 0 Å². The van der Waals surface area contributed by atoms with Crippen LogP contribution >= 0.6 is 0 Å². The summed E-state index contributed by atoms with van der Waals surface area (Å²) in [6, 6.07) is 2.20. The summed E-state index contributed by atoms with van der Waals surface area (Å²) < 4.78 is 12.2. The van der Waals surface area contributed by atoms with Crippen LogP contribution in [0.3, 0.4) is 0 Å².